The zero-order valence-electron chi connectivity index (χ0n) is 19.1. The lowest BCUT2D eigenvalue weighted by atomic mass is 9.63. The third kappa shape index (κ3) is 4.35. The molecule has 0 bridgehead atoms. The van der Waals surface area contributed by atoms with Crippen LogP contribution in [0.4, 0.5) is 0 Å². The molecule has 7 heteroatoms. The number of benzene rings is 2. The topological polar surface area (TPSA) is 118 Å². The number of aromatic nitrogens is 2. The van der Waals surface area contributed by atoms with Crippen molar-refractivity contribution in [2.24, 2.45) is 12.8 Å². The number of carbonyl (C=O) groups is 1. The van der Waals surface area contributed by atoms with Gasteiger partial charge in [-0.15, -0.1) is 0 Å². The Morgan fingerprint density at radius 1 is 1.00 bits per heavy atom. The summed E-state index contributed by atoms with van der Waals surface area (Å²) in [6.45, 7) is 1.57. The first kappa shape index (κ1) is 23.4. The molecule has 1 aliphatic carbocycles. The monoisotopic (exact) mass is 457 g/mol. The van der Waals surface area contributed by atoms with E-state index in [1.807, 2.05) is 67.6 Å². The Morgan fingerprint density at radius 3 is 2.21 bits per heavy atom. The van der Waals surface area contributed by atoms with Crippen LogP contribution in [0.25, 0.3) is 33.4 Å². The highest BCUT2D eigenvalue weighted by Crippen LogP contribution is 2.46. The van der Waals surface area contributed by atoms with Gasteiger partial charge in [0.05, 0.1) is 22.3 Å². The minimum absolute atomic E-state index is 0.0601. The molecule has 174 valence electrons. The van der Waals surface area contributed by atoms with Crippen molar-refractivity contribution < 1.29 is 15.0 Å². The molecule has 0 spiro atoms. The van der Waals surface area contributed by atoms with Crippen LogP contribution in [0.2, 0.25) is 0 Å². The molecule has 0 amide bonds. The first-order chi connectivity index (χ1) is 16.2. The maximum atomic E-state index is 12.2. The SMILES string of the molecule is Cn1c(=O)ccc2nc(-c3ccc([C@]4(N)C[C@](C)(O)C4)cc3)c(-c3ccccc3)cc21.O=CO. The lowest BCUT2D eigenvalue weighted by Crippen LogP contribution is -2.58. The molecule has 34 heavy (non-hydrogen) atoms. The lowest BCUT2D eigenvalue weighted by molar-refractivity contribution is -0.122. The number of fused-ring (bicyclic) bond motifs is 1. The Morgan fingerprint density at radius 2 is 1.62 bits per heavy atom. The van der Waals surface area contributed by atoms with Gasteiger partial charge in [0.1, 0.15) is 0 Å². The average molecular weight is 458 g/mol. The number of aliphatic hydroxyl groups is 1. The molecule has 0 radical (unpaired) electrons. The lowest BCUT2D eigenvalue weighted by Gasteiger charge is -2.49. The first-order valence-corrected chi connectivity index (χ1v) is 10.9. The summed E-state index contributed by atoms with van der Waals surface area (Å²) in [6, 6.07) is 23.6. The van der Waals surface area contributed by atoms with Gasteiger partial charge in [-0.25, -0.2) is 4.98 Å². The summed E-state index contributed by atoms with van der Waals surface area (Å²) >= 11 is 0. The number of nitrogens with zero attached hydrogens (tertiary/aromatic N) is 2. The summed E-state index contributed by atoms with van der Waals surface area (Å²) in [5.41, 5.74) is 11.7. The van der Waals surface area contributed by atoms with Crippen LogP contribution < -0.4 is 11.3 Å². The van der Waals surface area contributed by atoms with Crippen LogP contribution >= 0.6 is 0 Å². The van der Waals surface area contributed by atoms with Gasteiger partial charge in [0.2, 0.25) is 0 Å². The molecule has 5 rings (SSSR count). The number of pyridine rings is 2. The summed E-state index contributed by atoms with van der Waals surface area (Å²) in [7, 11) is 1.77. The maximum Gasteiger partial charge on any atom is 0.290 e. The van der Waals surface area contributed by atoms with Gasteiger partial charge in [0.15, 0.2) is 0 Å². The van der Waals surface area contributed by atoms with Gasteiger partial charge in [-0.1, -0.05) is 54.6 Å². The zero-order chi connectivity index (χ0) is 24.5. The molecule has 1 aliphatic rings. The van der Waals surface area contributed by atoms with Crippen molar-refractivity contribution >= 4 is 17.5 Å². The van der Waals surface area contributed by atoms with Crippen molar-refractivity contribution in [1.29, 1.82) is 0 Å². The number of aryl methyl sites for hydroxylation is 1. The fourth-order valence-electron chi connectivity index (χ4n) is 4.82. The predicted octanol–water partition coefficient (Wildman–Crippen LogP) is 3.67. The van der Waals surface area contributed by atoms with E-state index in [1.165, 1.54) is 0 Å². The van der Waals surface area contributed by atoms with Crippen LogP contribution in [-0.4, -0.2) is 31.8 Å². The highest BCUT2D eigenvalue weighted by molar-refractivity contribution is 5.90. The van der Waals surface area contributed by atoms with Gasteiger partial charge >= 0.3 is 0 Å². The molecule has 7 nitrogen and oxygen atoms in total. The zero-order valence-corrected chi connectivity index (χ0v) is 19.1. The molecule has 1 fully saturated rings. The molecule has 4 N–H and O–H groups in total. The van der Waals surface area contributed by atoms with Gasteiger partial charge in [-0.3, -0.25) is 9.59 Å². The van der Waals surface area contributed by atoms with E-state index in [0.717, 1.165) is 39.0 Å². The molecule has 1 saturated carbocycles. The maximum absolute atomic E-state index is 12.2. The Kier molecular flexibility index (Phi) is 6.08. The molecule has 2 aromatic carbocycles. The smallest absolute Gasteiger partial charge is 0.290 e. The highest BCUT2D eigenvalue weighted by atomic mass is 16.3. The quantitative estimate of drug-likeness (QED) is 0.404. The van der Waals surface area contributed by atoms with Gasteiger partial charge < -0.3 is 20.5 Å². The second kappa shape index (κ2) is 8.85. The van der Waals surface area contributed by atoms with Crippen LogP contribution in [0, 0.1) is 0 Å². The van der Waals surface area contributed by atoms with Crippen molar-refractivity contribution in [2.75, 3.05) is 0 Å². The van der Waals surface area contributed by atoms with Gasteiger partial charge in [-0.05, 0) is 43.0 Å². The number of hydrogen-bond acceptors (Lipinski definition) is 5. The molecule has 2 heterocycles. The number of nitrogens with two attached hydrogens (primary N) is 1. The summed E-state index contributed by atoms with van der Waals surface area (Å²) in [6.07, 6.45) is 1.10. The summed E-state index contributed by atoms with van der Waals surface area (Å²) in [4.78, 5) is 25.5. The van der Waals surface area contributed by atoms with E-state index in [-0.39, 0.29) is 12.0 Å². The third-order valence-electron chi connectivity index (χ3n) is 6.32. The van der Waals surface area contributed by atoms with E-state index < -0.39 is 11.1 Å². The molecule has 0 saturated heterocycles. The Balaban J connectivity index is 0.000000868. The number of carboxylic acid groups (broad SMARTS) is 1. The fraction of sp³-hybridized carbons (Fsp3) is 0.222. The van der Waals surface area contributed by atoms with Crippen molar-refractivity contribution in [3.05, 3.63) is 88.7 Å². The number of rotatable bonds is 3. The average Bonchev–Trinajstić information content (AvgIpc) is 2.81. The van der Waals surface area contributed by atoms with Gasteiger partial charge in [0.25, 0.3) is 12.0 Å². The molecule has 0 unspecified atom stereocenters. The molecular weight excluding hydrogens is 430 g/mol. The van der Waals surface area contributed by atoms with Crippen LogP contribution in [0.3, 0.4) is 0 Å². The van der Waals surface area contributed by atoms with Crippen molar-refractivity contribution in [1.82, 2.24) is 9.55 Å². The van der Waals surface area contributed by atoms with Crippen molar-refractivity contribution in [2.45, 2.75) is 30.9 Å². The molecule has 2 aromatic heterocycles. The normalized spacial score (nSPS) is 21.3. The van der Waals surface area contributed by atoms with E-state index >= 15 is 0 Å². The van der Waals surface area contributed by atoms with Crippen LogP contribution in [0.5, 0.6) is 0 Å². The standard InChI is InChI=1S/C26H25N3O2.CH2O2/c1-25(31)15-26(27,16-25)19-10-8-18(9-11-19)24-20(17-6-4-3-5-7-17)14-22-21(28-24)12-13-23(30)29(22)2;2-1-3/h3-14,31H,15-16,27H2,1-2H3;1H,(H,2,3)/t25-,26-;. The van der Waals surface area contributed by atoms with Crippen LogP contribution in [0.15, 0.2) is 77.6 Å². The number of hydrogen-bond donors (Lipinski definition) is 3. The Bertz CT molecular complexity index is 1390. The Hall–Kier alpha value is -3.81. The van der Waals surface area contributed by atoms with E-state index in [1.54, 1.807) is 23.7 Å². The van der Waals surface area contributed by atoms with Gasteiger partial charge in [0, 0.05) is 29.8 Å². The van der Waals surface area contributed by atoms with E-state index in [2.05, 4.69) is 0 Å². The Labute approximate surface area is 197 Å². The molecule has 0 atom stereocenters. The summed E-state index contributed by atoms with van der Waals surface area (Å²) < 4.78 is 1.63. The second-order valence-electron chi connectivity index (χ2n) is 9.07. The fourth-order valence-corrected chi connectivity index (χ4v) is 4.82. The predicted molar refractivity (Wildman–Crippen MR) is 132 cm³/mol. The van der Waals surface area contributed by atoms with E-state index in [9.17, 15) is 9.90 Å². The van der Waals surface area contributed by atoms with E-state index in [0.29, 0.717) is 12.8 Å². The largest absolute Gasteiger partial charge is 0.483 e. The van der Waals surface area contributed by atoms with Crippen molar-refractivity contribution in [3.8, 4) is 22.4 Å². The minimum atomic E-state index is -0.691. The molecule has 0 aliphatic heterocycles. The summed E-state index contributed by atoms with van der Waals surface area (Å²) in [5, 5.41) is 17.0. The van der Waals surface area contributed by atoms with E-state index in [4.69, 9.17) is 20.6 Å². The van der Waals surface area contributed by atoms with Crippen molar-refractivity contribution in [3.63, 3.8) is 0 Å². The molecular formula is C27H27N3O4. The first-order valence-electron chi connectivity index (χ1n) is 10.9. The minimum Gasteiger partial charge on any atom is -0.483 e. The molecule has 4 aromatic rings. The second-order valence-corrected chi connectivity index (χ2v) is 9.07. The van der Waals surface area contributed by atoms with Crippen LogP contribution in [-0.2, 0) is 17.4 Å². The van der Waals surface area contributed by atoms with Gasteiger partial charge in [-0.2, -0.15) is 0 Å². The van der Waals surface area contributed by atoms with Crippen LogP contribution in [0.1, 0.15) is 25.3 Å². The third-order valence-corrected chi connectivity index (χ3v) is 6.32. The highest BCUT2D eigenvalue weighted by Gasteiger charge is 2.49. The summed E-state index contributed by atoms with van der Waals surface area (Å²) in [5.74, 6) is 0.